The highest BCUT2D eigenvalue weighted by atomic mass is 32.1. The maximum Gasteiger partial charge on any atom is 0.0969 e. The number of nitrogens with zero attached hydrogens (tertiary/aromatic N) is 2. The maximum atomic E-state index is 4.36. The smallest absolute Gasteiger partial charge is 0.0969 e. The molecule has 1 aromatic heterocycles. The van der Waals surface area contributed by atoms with Gasteiger partial charge in [-0.3, -0.25) is 5.10 Å². The summed E-state index contributed by atoms with van der Waals surface area (Å²) in [5.74, 6) is 0. The molecule has 0 unspecified atom stereocenters. The third-order valence-corrected chi connectivity index (χ3v) is 2.96. The Hall–Kier alpha value is -1.26. The summed E-state index contributed by atoms with van der Waals surface area (Å²) in [5, 5.41) is 7.43. The Bertz CT molecular complexity index is 478. The molecule has 76 valence electrons. The summed E-state index contributed by atoms with van der Waals surface area (Å²) in [5.41, 5.74) is 4.68. The van der Waals surface area contributed by atoms with Crippen molar-refractivity contribution in [3.63, 3.8) is 0 Å². The van der Waals surface area contributed by atoms with Gasteiger partial charge in [0.2, 0.25) is 0 Å². The van der Waals surface area contributed by atoms with Crippen molar-refractivity contribution in [2.24, 2.45) is 0 Å². The first-order chi connectivity index (χ1) is 7.34. The molecule has 1 aromatic carbocycles. The number of thiol groups is 1. The first-order valence-corrected chi connectivity index (χ1v) is 5.30. The fourth-order valence-corrected chi connectivity index (χ4v) is 2.24. The summed E-state index contributed by atoms with van der Waals surface area (Å²) in [6, 6.07) is 10.2. The van der Waals surface area contributed by atoms with Crippen molar-refractivity contribution in [1.29, 1.82) is 0 Å². The van der Waals surface area contributed by atoms with E-state index in [4.69, 9.17) is 0 Å². The molecule has 0 radical (unpaired) electrons. The zero-order chi connectivity index (χ0) is 10.3. The maximum absolute atomic E-state index is 4.36. The molecule has 0 saturated heterocycles. The van der Waals surface area contributed by atoms with Gasteiger partial charge < -0.3 is 0 Å². The van der Waals surface area contributed by atoms with Gasteiger partial charge in [-0.05, 0) is 0 Å². The van der Waals surface area contributed by atoms with E-state index in [9.17, 15) is 0 Å². The van der Waals surface area contributed by atoms with Gasteiger partial charge >= 0.3 is 0 Å². The molecule has 1 N–H and O–H groups in total. The van der Waals surface area contributed by atoms with Gasteiger partial charge in [0.15, 0.2) is 0 Å². The van der Waals surface area contributed by atoms with Crippen LogP contribution in [0.4, 0.5) is 0 Å². The van der Waals surface area contributed by atoms with Crippen LogP contribution in [0.3, 0.4) is 0 Å². The lowest BCUT2D eigenvalue weighted by molar-refractivity contribution is 0.508. The summed E-state index contributed by atoms with van der Waals surface area (Å²) < 4.78 is 1.98. The van der Waals surface area contributed by atoms with Crippen molar-refractivity contribution in [1.82, 2.24) is 14.5 Å². The Balaban J connectivity index is 2.08. The van der Waals surface area contributed by atoms with Gasteiger partial charge in [-0.2, -0.15) is 5.10 Å². The van der Waals surface area contributed by atoms with E-state index < -0.39 is 0 Å². The van der Waals surface area contributed by atoms with Crippen LogP contribution in [0.25, 0.3) is 11.3 Å². The predicted molar refractivity (Wildman–Crippen MR) is 62.3 cm³/mol. The van der Waals surface area contributed by atoms with E-state index in [-0.39, 0.29) is 0 Å². The van der Waals surface area contributed by atoms with E-state index in [0.29, 0.717) is 0 Å². The Morgan fingerprint density at radius 3 is 2.80 bits per heavy atom. The lowest BCUT2D eigenvalue weighted by Crippen LogP contribution is -2.02. The zero-order valence-corrected chi connectivity index (χ0v) is 9.04. The minimum absolute atomic E-state index is 0.846. The lowest BCUT2D eigenvalue weighted by Gasteiger charge is -2.04. The van der Waals surface area contributed by atoms with Crippen LogP contribution in [0, 0.1) is 0 Å². The van der Waals surface area contributed by atoms with E-state index >= 15 is 0 Å². The van der Waals surface area contributed by atoms with Crippen LogP contribution in [0.15, 0.2) is 30.3 Å². The summed E-state index contributed by atoms with van der Waals surface area (Å²) in [7, 11) is 0. The SMILES string of the molecule is SN1Cc2[nH]nc(-c3ccccc3)c2C1. The molecule has 2 heterocycles. The number of benzene rings is 1. The molecular formula is C11H11N3S. The molecule has 0 saturated carbocycles. The molecule has 3 rings (SSSR count). The monoisotopic (exact) mass is 217 g/mol. The molecule has 1 aliphatic rings. The largest absolute Gasteiger partial charge is 0.280 e. The van der Waals surface area contributed by atoms with Crippen LogP contribution >= 0.6 is 12.8 Å². The minimum Gasteiger partial charge on any atom is -0.280 e. The van der Waals surface area contributed by atoms with Crippen LogP contribution in [0.2, 0.25) is 0 Å². The van der Waals surface area contributed by atoms with E-state index in [0.717, 1.165) is 18.8 Å². The second-order valence-corrected chi connectivity index (χ2v) is 4.28. The molecule has 0 aliphatic carbocycles. The van der Waals surface area contributed by atoms with Crippen molar-refractivity contribution in [3.05, 3.63) is 41.6 Å². The van der Waals surface area contributed by atoms with Gasteiger partial charge in [-0.1, -0.05) is 43.1 Å². The molecule has 0 fully saturated rings. The minimum atomic E-state index is 0.846. The number of aromatic amines is 1. The molecule has 2 aromatic rings. The average Bonchev–Trinajstić information content (AvgIpc) is 2.77. The fraction of sp³-hybridized carbons (Fsp3) is 0.182. The first kappa shape index (κ1) is 9.00. The van der Waals surface area contributed by atoms with Crippen LogP contribution < -0.4 is 0 Å². The molecule has 0 atom stereocenters. The molecule has 15 heavy (non-hydrogen) atoms. The van der Waals surface area contributed by atoms with Crippen LogP contribution in [0.5, 0.6) is 0 Å². The average molecular weight is 217 g/mol. The standard InChI is InChI=1S/C11H11N3S/c15-14-6-9-10(7-14)12-13-11(9)8-4-2-1-3-5-8/h1-5,15H,6-7H2,(H,12,13). The summed E-state index contributed by atoms with van der Waals surface area (Å²) >= 11 is 4.35. The highest BCUT2D eigenvalue weighted by Gasteiger charge is 2.23. The second-order valence-electron chi connectivity index (χ2n) is 3.72. The second kappa shape index (κ2) is 3.40. The molecule has 0 spiro atoms. The van der Waals surface area contributed by atoms with Gasteiger partial charge in [0.1, 0.15) is 0 Å². The lowest BCUT2D eigenvalue weighted by atomic mass is 10.1. The Kier molecular flexibility index (Phi) is 2.04. The number of aromatic nitrogens is 2. The van der Waals surface area contributed by atoms with Gasteiger partial charge in [-0.15, -0.1) is 0 Å². The molecule has 4 heteroatoms. The van der Waals surface area contributed by atoms with Crippen molar-refractivity contribution in [3.8, 4) is 11.3 Å². The molecule has 1 aliphatic heterocycles. The number of H-pyrrole nitrogens is 1. The summed E-state index contributed by atoms with van der Waals surface area (Å²) in [4.78, 5) is 0. The van der Waals surface area contributed by atoms with Crippen LogP contribution in [-0.2, 0) is 13.1 Å². The quantitative estimate of drug-likeness (QED) is 0.718. The van der Waals surface area contributed by atoms with Crippen molar-refractivity contribution in [2.75, 3.05) is 0 Å². The third-order valence-electron chi connectivity index (χ3n) is 2.68. The van der Waals surface area contributed by atoms with Crippen LogP contribution in [0.1, 0.15) is 11.3 Å². The number of fused-ring (bicyclic) bond motifs is 1. The number of nitrogens with one attached hydrogen (secondary N) is 1. The van der Waals surface area contributed by atoms with E-state index in [1.54, 1.807) is 0 Å². The predicted octanol–water partition coefficient (Wildman–Crippen LogP) is 2.24. The Morgan fingerprint density at radius 2 is 2.00 bits per heavy atom. The van der Waals surface area contributed by atoms with E-state index in [1.165, 1.54) is 16.8 Å². The number of hydrogen-bond acceptors (Lipinski definition) is 3. The first-order valence-electron chi connectivity index (χ1n) is 4.90. The molecule has 3 nitrogen and oxygen atoms in total. The Morgan fingerprint density at radius 1 is 1.20 bits per heavy atom. The van der Waals surface area contributed by atoms with Gasteiger partial charge in [-0.25, -0.2) is 4.31 Å². The van der Waals surface area contributed by atoms with Gasteiger partial charge in [0.05, 0.1) is 17.9 Å². The van der Waals surface area contributed by atoms with Crippen LogP contribution in [-0.4, -0.2) is 14.5 Å². The van der Waals surface area contributed by atoms with Crippen molar-refractivity contribution in [2.45, 2.75) is 13.1 Å². The van der Waals surface area contributed by atoms with Crippen molar-refractivity contribution >= 4 is 12.8 Å². The topological polar surface area (TPSA) is 31.9 Å². The van der Waals surface area contributed by atoms with Gasteiger partial charge in [0, 0.05) is 17.7 Å². The fourth-order valence-electron chi connectivity index (χ4n) is 1.96. The zero-order valence-electron chi connectivity index (χ0n) is 8.14. The number of hydrogen-bond donors (Lipinski definition) is 2. The number of rotatable bonds is 1. The molecule has 0 bridgehead atoms. The van der Waals surface area contributed by atoms with Gasteiger partial charge in [0.25, 0.3) is 0 Å². The molecule has 0 amide bonds. The molecular weight excluding hydrogens is 206 g/mol. The summed E-state index contributed by atoms with van der Waals surface area (Å²) in [6.45, 7) is 1.71. The van der Waals surface area contributed by atoms with E-state index in [1.807, 2.05) is 22.5 Å². The Labute approximate surface area is 93.7 Å². The van der Waals surface area contributed by atoms with Crippen molar-refractivity contribution < 1.29 is 0 Å². The highest BCUT2D eigenvalue weighted by molar-refractivity contribution is 7.77. The highest BCUT2D eigenvalue weighted by Crippen LogP contribution is 2.30. The van der Waals surface area contributed by atoms with E-state index in [2.05, 4.69) is 35.1 Å². The summed E-state index contributed by atoms with van der Waals surface area (Å²) in [6.07, 6.45) is 0. The normalized spacial score (nSPS) is 15.5. The third kappa shape index (κ3) is 1.46.